The fourth-order valence-corrected chi connectivity index (χ4v) is 6.15. The number of likely N-dealkylation sites (tertiary alicyclic amines) is 1. The molecule has 6 rings (SSSR count). The average Bonchev–Trinajstić information content (AvgIpc) is 3.73. The van der Waals surface area contributed by atoms with Crippen molar-refractivity contribution in [3.8, 4) is 17.0 Å². The summed E-state index contributed by atoms with van der Waals surface area (Å²) in [5.41, 5.74) is 0.620. The van der Waals surface area contributed by atoms with E-state index in [0.717, 1.165) is 0 Å². The SMILES string of the molecule is CN(CC1C(=O)CC(=O)C1=O)C1CCN(C(=O)Cn2cc(NC(=O)c3cnn4cccnc34)c(-c3cc(Cl)ccc3OC(F)F)n2)CC1. The summed E-state index contributed by atoms with van der Waals surface area (Å²) in [4.78, 5) is 70.3. The van der Waals surface area contributed by atoms with Crippen molar-refractivity contribution in [3.05, 3.63) is 59.6 Å². The average molecular weight is 683 g/mol. The van der Waals surface area contributed by atoms with Crippen LogP contribution in [0.5, 0.6) is 5.75 Å². The molecule has 1 aliphatic carbocycles. The van der Waals surface area contributed by atoms with Gasteiger partial charge < -0.3 is 19.9 Å². The Bertz CT molecular complexity index is 1920. The van der Waals surface area contributed by atoms with Crippen LogP contribution in [0.1, 0.15) is 29.6 Å². The monoisotopic (exact) mass is 682 g/mol. The number of piperidine rings is 1. The molecule has 1 aromatic carbocycles. The van der Waals surface area contributed by atoms with Gasteiger partial charge >= 0.3 is 6.61 Å². The van der Waals surface area contributed by atoms with Crippen molar-refractivity contribution in [1.82, 2.24) is 34.2 Å². The summed E-state index contributed by atoms with van der Waals surface area (Å²) in [6, 6.07) is 5.64. The normalized spacial score (nSPS) is 17.2. The summed E-state index contributed by atoms with van der Waals surface area (Å²) in [6.07, 6.45) is 6.66. The molecule has 2 aliphatic rings. The van der Waals surface area contributed by atoms with E-state index in [-0.39, 0.29) is 76.2 Å². The molecule has 3 aromatic heterocycles. The molecule has 48 heavy (non-hydrogen) atoms. The minimum atomic E-state index is -3.15. The Morgan fingerprint density at radius 2 is 1.96 bits per heavy atom. The predicted molar refractivity (Wildman–Crippen MR) is 166 cm³/mol. The smallest absolute Gasteiger partial charge is 0.387 e. The minimum Gasteiger partial charge on any atom is -0.434 e. The number of carbonyl (C=O) groups excluding carboxylic acids is 5. The highest BCUT2D eigenvalue weighted by molar-refractivity contribution is 6.49. The van der Waals surface area contributed by atoms with Crippen molar-refractivity contribution in [1.29, 1.82) is 0 Å². The zero-order chi connectivity index (χ0) is 34.1. The molecule has 17 heteroatoms. The molecular formula is C31H29ClF2N8O6. The Balaban J connectivity index is 1.19. The lowest BCUT2D eigenvalue weighted by Gasteiger charge is -2.37. The summed E-state index contributed by atoms with van der Waals surface area (Å²) in [6.45, 7) is -2.46. The third kappa shape index (κ3) is 6.80. The molecule has 2 fully saturated rings. The van der Waals surface area contributed by atoms with Crippen molar-refractivity contribution in [3.63, 3.8) is 0 Å². The Labute approximate surface area is 276 Å². The van der Waals surface area contributed by atoms with Crippen LogP contribution in [0.2, 0.25) is 5.02 Å². The van der Waals surface area contributed by atoms with E-state index >= 15 is 0 Å². The van der Waals surface area contributed by atoms with Crippen LogP contribution in [0.4, 0.5) is 14.5 Å². The molecule has 4 aromatic rings. The first kappa shape index (κ1) is 32.8. The van der Waals surface area contributed by atoms with Gasteiger partial charge in [0.05, 0.1) is 24.2 Å². The minimum absolute atomic E-state index is 0.00558. The van der Waals surface area contributed by atoms with Crippen molar-refractivity contribution in [2.24, 2.45) is 5.92 Å². The van der Waals surface area contributed by atoms with E-state index in [4.69, 9.17) is 16.3 Å². The second kappa shape index (κ2) is 13.6. The number of rotatable bonds is 10. The standard InChI is InChI=1S/C31H29ClF2N8O6/c1-39(14-21-23(43)12-24(44)28(21)46)18-5-9-40(10-6-18)26(45)16-41-15-22(37-30(47)20-13-36-42-8-2-7-35-29(20)42)27(38-41)19-11-17(32)3-4-25(19)48-31(33)34/h2-4,7-8,11,13,15,18,21,31H,5-6,9-10,12,14,16H2,1H3,(H,37,47). The Morgan fingerprint density at radius 1 is 1.19 bits per heavy atom. The number of anilines is 1. The Hall–Kier alpha value is -5.09. The van der Waals surface area contributed by atoms with Crippen molar-refractivity contribution < 1.29 is 37.5 Å². The first-order valence-corrected chi connectivity index (χ1v) is 15.4. The summed E-state index contributed by atoms with van der Waals surface area (Å²) in [5.74, 6) is -3.72. The highest BCUT2D eigenvalue weighted by atomic mass is 35.5. The number of hydrogen-bond donors (Lipinski definition) is 1. The number of amides is 2. The maximum atomic E-state index is 13.4. The quantitative estimate of drug-likeness (QED) is 0.195. The number of aromatic nitrogens is 5. The molecular weight excluding hydrogens is 654 g/mol. The molecule has 0 spiro atoms. The highest BCUT2D eigenvalue weighted by Crippen LogP contribution is 2.37. The van der Waals surface area contributed by atoms with Gasteiger partial charge in [0.2, 0.25) is 17.5 Å². The van der Waals surface area contributed by atoms with Crippen molar-refractivity contribution in [2.45, 2.75) is 38.5 Å². The van der Waals surface area contributed by atoms with Gasteiger partial charge in [-0.1, -0.05) is 11.6 Å². The summed E-state index contributed by atoms with van der Waals surface area (Å²) in [7, 11) is 1.79. The van der Waals surface area contributed by atoms with E-state index in [1.807, 2.05) is 4.90 Å². The van der Waals surface area contributed by atoms with Crippen LogP contribution in [-0.4, -0.2) is 103 Å². The molecule has 14 nitrogen and oxygen atoms in total. The van der Waals surface area contributed by atoms with E-state index in [1.165, 1.54) is 46.0 Å². The number of halogens is 3. The van der Waals surface area contributed by atoms with Gasteiger partial charge in [-0.05, 0) is 44.2 Å². The second-order valence-corrected chi connectivity index (χ2v) is 12.0. The molecule has 1 saturated carbocycles. The van der Waals surface area contributed by atoms with E-state index in [2.05, 4.69) is 20.5 Å². The largest absolute Gasteiger partial charge is 0.434 e. The molecule has 0 bridgehead atoms. The van der Waals surface area contributed by atoms with Gasteiger partial charge in [0.25, 0.3) is 5.91 Å². The van der Waals surface area contributed by atoms with Crippen LogP contribution in [0.3, 0.4) is 0 Å². The van der Waals surface area contributed by atoms with E-state index in [1.54, 1.807) is 24.2 Å². The molecule has 4 heterocycles. The number of ketones is 3. The lowest BCUT2D eigenvalue weighted by Crippen LogP contribution is -2.48. The maximum absolute atomic E-state index is 13.4. The number of alkyl halides is 2. The maximum Gasteiger partial charge on any atom is 0.387 e. The van der Waals surface area contributed by atoms with E-state index < -0.39 is 30.0 Å². The number of Topliss-reactive ketones (excluding diaryl/α,β-unsaturated/α-hetero) is 3. The van der Waals surface area contributed by atoms with Gasteiger partial charge in [-0.3, -0.25) is 28.7 Å². The molecule has 1 N–H and O–H groups in total. The third-order valence-electron chi connectivity index (χ3n) is 8.47. The van der Waals surface area contributed by atoms with Crippen LogP contribution in [0, 0.1) is 5.92 Å². The van der Waals surface area contributed by atoms with Gasteiger partial charge in [-0.25, -0.2) is 9.50 Å². The van der Waals surface area contributed by atoms with Crippen LogP contribution < -0.4 is 10.1 Å². The summed E-state index contributed by atoms with van der Waals surface area (Å²) < 4.78 is 34.0. The van der Waals surface area contributed by atoms with Gasteiger partial charge in [0, 0.05) is 54.9 Å². The van der Waals surface area contributed by atoms with Gasteiger partial charge in [-0.15, -0.1) is 0 Å². The number of benzene rings is 1. The second-order valence-electron chi connectivity index (χ2n) is 11.5. The van der Waals surface area contributed by atoms with E-state index in [0.29, 0.717) is 25.9 Å². The summed E-state index contributed by atoms with van der Waals surface area (Å²) in [5, 5.41) is 11.5. The molecule has 1 saturated heterocycles. The fourth-order valence-electron chi connectivity index (χ4n) is 5.98. The number of carbonyl (C=O) groups is 5. The first-order valence-electron chi connectivity index (χ1n) is 15.0. The van der Waals surface area contributed by atoms with Crippen LogP contribution in [0.25, 0.3) is 16.9 Å². The third-order valence-corrected chi connectivity index (χ3v) is 8.70. The first-order chi connectivity index (χ1) is 23.0. The zero-order valence-corrected chi connectivity index (χ0v) is 26.3. The zero-order valence-electron chi connectivity index (χ0n) is 25.5. The van der Waals surface area contributed by atoms with Crippen molar-refractivity contribution in [2.75, 3.05) is 32.0 Å². The lowest BCUT2D eigenvalue weighted by molar-refractivity contribution is -0.136. The van der Waals surface area contributed by atoms with Gasteiger partial charge in [0.1, 0.15) is 23.6 Å². The number of fused-ring (bicyclic) bond motifs is 1. The number of hydrogen-bond acceptors (Lipinski definition) is 10. The highest BCUT2D eigenvalue weighted by Gasteiger charge is 2.41. The molecule has 250 valence electrons. The van der Waals surface area contributed by atoms with Gasteiger partial charge in [-0.2, -0.15) is 19.0 Å². The van der Waals surface area contributed by atoms with E-state index in [9.17, 15) is 32.8 Å². The summed E-state index contributed by atoms with van der Waals surface area (Å²) >= 11 is 6.21. The Morgan fingerprint density at radius 3 is 2.67 bits per heavy atom. The number of nitrogens with one attached hydrogen (secondary N) is 1. The topological polar surface area (TPSA) is 161 Å². The molecule has 1 atom stereocenters. The van der Waals surface area contributed by atoms with Gasteiger partial charge in [0.15, 0.2) is 11.4 Å². The Kier molecular flexibility index (Phi) is 9.28. The van der Waals surface area contributed by atoms with Crippen LogP contribution in [0.15, 0.2) is 49.1 Å². The molecule has 0 radical (unpaired) electrons. The molecule has 2 amide bonds. The van der Waals surface area contributed by atoms with Crippen LogP contribution in [-0.2, 0) is 25.7 Å². The molecule has 1 aliphatic heterocycles. The predicted octanol–water partition coefficient (Wildman–Crippen LogP) is 2.75. The number of ether oxygens (including phenoxy) is 1. The van der Waals surface area contributed by atoms with Crippen molar-refractivity contribution >= 4 is 52.1 Å². The lowest BCUT2D eigenvalue weighted by atomic mass is 10.00. The van der Waals surface area contributed by atoms with Crippen LogP contribution >= 0.6 is 11.6 Å². The molecule has 1 unspecified atom stereocenters. The number of nitrogens with zero attached hydrogens (tertiary/aromatic N) is 7. The fraction of sp³-hybridized carbons (Fsp3) is 0.355.